The summed E-state index contributed by atoms with van der Waals surface area (Å²) in [5.41, 5.74) is 1.14. The zero-order valence-corrected chi connectivity index (χ0v) is 13.1. The quantitative estimate of drug-likeness (QED) is 0.842. The summed E-state index contributed by atoms with van der Waals surface area (Å²) in [7, 11) is -3.67. The van der Waals surface area contributed by atoms with Gasteiger partial charge in [-0.1, -0.05) is 23.7 Å². The zero-order chi connectivity index (χ0) is 15.5. The fourth-order valence-electron chi connectivity index (χ4n) is 1.69. The highest BCUT2D eigenvalue weighted by molar-refractivity contribution is 7.94. The third-order valence-corrected chi connectivity index (χ3v) is 5.72. The first kappa shape index (κ1) is 15.8. The van der Waals surface area contributed by atoms with E-state index in [0.29, 0.717) is 16.4 Å². The van der Waals surface area contributed by atoms with Gasteiger partial charge in [0.2, 0.25) is 0 Å². The third-order valence-electron chi connectivity index (χ3n) is 2.62. The van der Waals surface area contributed by atoms with Crippen LogP contribution in [0.2, 0.25) is 4.34 Å². The van der Waals surface area contributed by atoms with Gasteiger partial charge in [0, 0.05) is 12.1 Å². The number of carbonyl (C=O) groups is 1. The Hall–Kier alpha value is -1.57. The fraction of sp³-hybridized carbons (Fsp3) is 0.154. The number of hydrogen-bond acceptors (Lipinski definition) is 4. The van der Waals surface area contributed by atoms with Gasteiger partial charge in [-0.25, -0.2) is 8.42 Å². The number of thiophene rings is 1. The molecular weight excluding hydrogens is 334 g/mol. The number of halogens is 1. The molecule has 8 heteroatoms. The summed E-state index contributed by atoms with van der Waals surface area (Å²) in [6.45, 7) is 0. The minimum Gasteiger partial charge on any atom is -0.481 e. The second-order valence-corrected chi connectivity index (χ2v) is 7.88. The smallest absolute Gasteiger partial charge is 0.303 e. The molecule has 0 unspecified atom stereocenters. The van der Waals surface area contributed by atoms with E-state index in [0.717, 1.165) is 16.9 Å². The molecule has 0 saturated heterocycles. The molecule has 0 radical (unpaired) electrons. The molecule has 112 valence electrons. The Labute approximate surface area is 131 Å². The topological polar surface area (TPSA) is 83.5 Å². The average molecular weight is 346 g/mol. The fourth-order valence-corrected chi connectivity index (χ4v) is 4.22. The molecule has 0 bridgehead atoms. The minimum atomic E-state index is -3.67. The standard InChI is InChI=1S/C13H12ClNO4S2/c14-11-5-7-13(20-11)21(18,19)15-10-3-1-2-9(8-10)4-6-12(16)17/h1-3,5,7-8,15H,4,6H2,(H,16,17). The van der Waals surface area contributed by atoms with Crippen molar-refractivity contribution in [3.05, 3.63) is 46.3 Å². The first-order valence-electron chi connectivity index (χ1n) is 5.96. The Morgan fingerprint density at radius 2 is 2.05 bits per heavy atom. The van der Waals surface area contributed by atoms with Gasteiger partial charge in [-0.3, -0.25) is 9.52 Å². The summed E-state index contributed by atoms with van der Waals surface area (Å²) in [4.78, 5) is 10.6. The van der Waals surface area contributed by atoms with Crippen LogP contribution in [0.25, 0.3) is 0 Å². The van der Waals surface area contributed by atoms with E-state index in [9.17, 15) is 13.2 Å². The lowest BCUT2D eigenvalue weighted by Gasteiger charge is -2.07. The number of hydrogen-bond donors (Lipinski definition) is 2. The second-order valence-electron chi connectivity index (χ2n) is 4.26. The zero-order valence-electron chi connectivity index (χ0n) is 10.7. The summed E-state index contributed by atoms with van der Waals surface area (Å²) in [5, 5.41) is 8.66. The van der Waals surface area contributed by atoms with Crippen molar-refractivity contribution in [3.8, 4) is 0 Å². The van der Waals surface area contributed by atoms with Crippen molar-refractivity contribution in [2.45, 2.75) is 17.1 Å². The maximum atomic E-state index is 12.1. The number of anilines is 1. The largest absolute Gasteiger partial charge is 0.481 e. The van der Waals surface area contributed by atoms with E-state index in [1.807, 2.05) is 0 Å². The van der Waals surface area contributed by atoms with Crippen LogP contribution in [0, 0.1) is 0 Å². The van der Waals surface area contributed by atoms with Crippen molar-refractivity contribution >= 4 is 44.6 Å². The number of sulfonamides is 1. The summed E-state index contributed by atoms with van der Waals surface area (Å²) >= 11 is 6.71. The van der Waals surface area contributed by atoms with Gasteiger partial charge < -0.3 is 5.11 Å². The summed E-state index contributed by atoms with van der Waals surface area (Å²) in [5.74, 6) is -0.894. The Morgan fingerprint density at radius 3 is 2.67 bits per heavy atom. The molecule has 0 aliphatic rings. The lowest BCUT2D eigenvalue weighted by Crippen LogP contribution is -2.11. The summed E-state index contributed by atoms with van der Waals surface area (Å²) in [6, 6.07) is 9.61. The van der Waals surface area contributed by atoms with E-state index < -0.39 is 16.0 Å². The molecule has 0 atom stereocenters. The van der Waals surface area contributed by atoms with Crippen molar-refractivity contribution in [1.82, 2.24) is 0 Å². The molecule has 5 nitrogen and oxygen atoms in total. The van der Waals surface area contributed by atoms with Crippen molar-refractivity contribution in [1.29, 1.82) is 0 Å². The Bertz CT molecular complexity index is 755. The predicted molar refractivity (Wildman–Crippen MR) is 82.5 cm³/mol. The van der Waals surface area contributed by atoms with Crippen LogP contribution in [0.15, 0.2) is 40.6 Å². The molecule has 21 heavy (non-hydrogen) atoms. The van der Waals surface area contributed by atoms with E-state index in [1.165, 1.54) is 12.1 Å². The molecule has 2 aromatic rings. The normalized spacial score (nSPS) is 11.3. The molecule has 1 heterocycles. The molecule has 2 rings (SSSR count). The highest BCUT2D eigenvalue weighted by Gasteiger charge is 2.16. The first-order valence-corrected chi connectivity index (χ1v) is 8.63. The molecule has 0 saturated carbocycles. The van der Waals surface area contributed by atoms with Crippen molar-refractivity contribution in [2.24, 2.45) is 0 Å². The number of carboxylic acid groups (broad SMARTS) is 1. The number of benzene rings is 1. The number of carboxylic acids is 1. The molecule has 0 amide bonds. The van der Waals surface area contributed by atoms with Gasteiger partial charge in [0.1, 0.15) is 4.21 Å². The number of rotatable bonds is 6. The van der Waals surface area contributed by atoms with Crippen LogP contribution in [0.5, 0.6) is 0 Å². The Kier molecular flexibility index (Phi) is 4.87. The third kappa shape index (κ3) is 4.45. The van der Waals surface area contributed by atoms with Gasteiger partial charge in [-0.05, 0) is 36.2 Å². The van der Waals surface area contributed by atoms with Gasteiger partial charge >= 0.3 is 5.97 Å². The van der Waals surface area contributed by atoms with Gasteiger partial charge in [0.15, 0.2) is 0 Å². The van der Waals surface area contributed by atoms with Gasteiger partial charge in [0.25, 0.3) is 10.0 Å². The van der Waals surface area contributed by atoms with E-state index in [4.69, 9.17) is 16.7 Å². The van der Waals surface area contributed by atoms with Crippen LogP contribution < -0.4 is 4.72 Å². The number of nitrogens with one attached hydrogen (secondary N) is 1. The average Bonchev–Trinajstić information content (AvgIpc) is 2.84. The Morgan fingerprint density at radius 1 is 1.29 bits per heavy atom. The van der Waals surface area contributed by atoms with Crippen LogP contribution in [-0.4, -0.2) is 19.5 Å². The van der Waals surface area contributed by atoms with Gasteiger partial charge in [-0.2, -0.15) is 0 Å². The predicted octanol–water partition coefficient (Wildman–Crippen LogP) is 3.22. The highest BCUT2D eigenvalue weighted by Crippen LogP contribution is 2.27. The van der Waals surface area contributed by atoms with Crippen LogP contribution in [0.3, 0.4) is 0 Å². The maximum absolute atomic E-state index is 12.1. The van der Waals surface area contributed by atoms with Crippen molar-refractivity contribution < 1.29 is 18.3 Å². The molecule has 0 spiro atoms. The van der Waals surface area contributed by atoms with Crippen LogP contribution in [0.4, 0.5) is 5.69 Å². The first-order chi connectivity index (χ1) is 9.87. The summed E-state index contributed by atoms with van der Waals surface area (Å²) < 4.78 is 27.3. The van der Waals surface area contributed by atoms with Crippen LogP contribution >= 0.6 is 22.9 Å². The molecule has 1 aromatic carbocycles. The lowest BCUT2D eigenvalue weighted by atomic mass is 10.1. The monoisotopic (exact) mass is 345 g/mol. The minimum absolute atomic E-state index is 0.00324. The number of aryl methyl sites for hydroxylation is 1. The van der Waals surface area contributed by atoms with Gasteiger partial charge in [0.05, 0.1) is 4.34 Å². The van der Waals surface area contributed by atoms with E-state index in [-0.39, 0.29) is 10.6 Å². The van der Waals surface area contributed by atoms with Crippen molar-refractivity contribution in [3.63, 3.8) is 0 Å². The molecule has 0 aliphatic carbocycles. The molecular formula is C13H12ClNO4S2. The Balaban J connectivity index is 2.16. The van der Waals surface area contributed by atoms with E-state index in [2.05, 4.69) is 4.72 Å². The molecule has 0 aliphatic heterocycles. The molecule has 2 N–H and O–H groups in total. The SMILES string of the molecule is O=C(O)CCc1cccc(NS(=O)(=O)c2ccc(Cl)s2)c1. The number of aliphatic carboxylic acids is 1. The van der Waals surface area contributed by atoms with Crippen LogP contribution in [-0.2, 0) is 21.2 Å². The highest BCUT2D eigenvalue weighted by atomic mass is 35.5. The van der Waals surface area contributed by atoms with Gasteiger partial charge in [-0.15, -0.1) is 11.3 Å². The van der Waals surface area contributed by atoms with E-state index >= 15 is 0 Å². The molecule has 1 aromatic heterocycles. The van der Waals surface area contributed by atoms with E-state index in [1.54, 1.807) is 24.3 Å². The molecule has 0 fully saturated rings. The maximum Gasteiger partial charge on any atom is 0.303 e. The van der Waals surface area contributed by atoms with Crippen molar-refractivity contribution in [2.75, 3.05) is 4.72 Å². The second kappa shape index (κ2) is 6.46. The summed E-state index contributed by atoms with van der Waals surface area (Å²) in [6.07, 6.45) is 0.340. The lowest BCUT2D eigenvalue weighted by molar-refractivity contribution is -0.136. The van der Waals surface area contributed by atoms with Crippen LogP contribution in [0.1, 0.15) is 12.0 Å².